The molecule has 0 bridgehead atoms. The molecule has 0 saturated heterocycles. The Kier molecular flexibility index (Phi) is 3.02. The highest BCUT2D eigenvalue weighted by Gasteiger charge is 2.38. The van der Waals surface area contributed by atoms with Crippen molar-refractivity contribution < 1.29 is 19.2 Å². The average Bonchev–Trinajstić information content (AvgIpc) is 2.97. The van der Waals surface area contributed by atoms with Crippen molar-refractivity contribution in [2.45, 2.75) is 13.3 Å². The summed E-state index contributed by atoms with van der Waals surface area (Å²) in [5, 5.41) is 7.08. The molecule has 2 heterocycles. The highest BCUT2D eigenvalue weighted by Crippen LogP contribution is 2.22. The van der Waals surface area contributed by atoms with Gasteiger partial charge in [-0.15, -0.1) is 0 Å². The summed E-state index contributed by atoms with van der Waals surface area (Å²) in [6.07, 6.45) is -0.127. The summed E-state index contributed by atoms with van der Waals surface area (Å²) in [6, 6.07) is 7.99. The van der Waals surface area contributed by atoms with E-state index in [9.17, 15) is 14.4 Å². The number of carbonyl (C=O) groups is 3. The molecule has 2 aromatic rings. The number of nitrogens with one attached hydrogen (secondary N) is 1. The van der Waals surface area contributed by atoms with E-state index in [0.717, 1.165) is 5.69 Å². The first-order valence-electron chi connectivity index (χ1n) is 6.26. The van der Waals surface area contributed by atoms with Gasteiger partial charge in [0.1, 0.15) is 0 Å². The molecule has 106 valence electrons. The van der Waals surface area contributed by atoms with Gasteiger partial charge in [-0.1, -0.05) is 17.2 Å². The molecule has 1 aromatic carbocycles. The summed E-state index contributed by atoms with van der Waals surface area (Å²) < 4.78 is 0. The van der Waals surface area contributed by atoms with Crippen molar-refractivity contribution in [3.05, 3.63) is 52.8 Å². The molecule has 0 radical (unpaired) electrons. The zero-order valence-corrected chi connectivity index (χ0v) is 11.1. The van der Waals surface area contributed by atoms with Crippen LogP contribution in [0.3, 0.4) is 0 Å². The first kappa shape index (κ1) is 13.0. The van der Waals surface area contributed by atoms with E-state index in [1.54, 1.807) is 25.1 Å². The van der Waals surface area contributed by atoms with Crippen LogP contribution < -0.4 is 0 Å². The fourth-order valence-corrected chi connectivity index (χ4v) is 2.10. The Bertz CT molecular complexity index is 715. The normalized spacial score (nSPS) is 13.5. The number of fused-ring (bicyclic) bond motifs is 1. The quantitative estimate of drug-likeness (QED) is 0.850. The number of aromatic amines is 1. The van der Waals surface area contributed by atoms with Gasteiger partial charge in [0.25, 0.3) is 11.8 Å². The predicted molar refractivity (Wildman–Crippen MR) is 70.1 cm³/mol. The Hall–Kier alpha value is -2.96. The molecular formula is C14H11N3O4. The number of hydrogen-bond donors (Lipinski definition) is 1. The molecule has 0 spiro atoms. The number of benzene rings is 1. The van der Waals surface area contributed by atoms with Crippen LogP contribution in [0.15, 0.2) is 30.3 Å². The molecule has 0 saturated carbocycles. The van der Waals surface area contributed by atoms with Gasteiger partial charge >= 0.3 is 5.97 Å². The van der Waals surface area contributed by atoms with E-state index in [0.29, 0.717) is 10.8 Å². The predicted octanol–water partition coefficient (Wildman–Crippen LogP) is 1.02. The number of nitrogens with zero attached hydrogens (tertiary/aromatic N) is 2. The standard InChI is InChI=1S/C14H11N3O4/c1-8-6-9(16-15-8)7-12(18)21-17-13(19)10-4-2-3-5-11(10)14(17)20/h2-6H,7H2,1H3,(H,15,16). The van der Waals surface area contributed by atoms with E-state index < -0.39 is 17.8 Å². The second-order valence-corrected chi connectivity index (χ2v) is 4.63. The lowest BCUT2D eigenvalue weighted by Crippen LogP contribution is -2.33. The van der Waals surface area contributed by atoms with E-state index in [1.165, 1.54) is 12.1 Å². The number of carbonyl (C=O) groups excluding carboxylic acids is 3. The molecule has 7 nitrogen and oxygen atoms in total. The molecule has 21 heavy (non-hydrogen) atoms. The fraction of sp³-hybridized carbons (Fsp3) is 0.143. The Balaban J connectivity index is 1.73. The minimum Gasteiger partial charge on any atom is -0.329 e. The van der Waals surface area contributed by atoms with Gasteiger partial charge in [-0.2, -0.15) is 5.10 Å². The van der Waals surface area contributed by atoms with Crippen molar-refractivity contribution in [3.8, 4) is 0 Å². The number of aromatic nitrogens is 2. The van der Waals surface area contributed by atoms with Gasteiger partial charge in [-0.05, 0) is 25.1 Å². The molecule has 0 atom stereocenters. The Labute approximate surface area is 119 Å². The smallest absolute Gasteiger partial charge is 0.329 e. The summed E-state index contributed by atoms with van der Waals surface area (Å²) in [5.74, 6) is -2.00. The first-order valence-corrected chi connectivity index (χ1v) is 6.26. The number of amides is 2. The molecule has 0 aliphatic carbocycles. The van der Waals surface area contributed by atoms with Gasteiger partial charge in [0, 0.05) is 5.69 Å². The maximum absolute atomic E-state index is 12.0. The number of hydroxylamine groups is 2. The van der Waals surface area contributed by atoms with Crippen LogP contribution in [0.1, 0.15) is 32.1 Å². The number of imide groups is 1. The number of rotatable bonds is 3. The summed E-state index contributed by atoms with van der Waals surface area (Å²) >= 11 is 0. The van der Waals surface area contributed by atoms with E-state index in [-0.39, 0.29) is 17.5 Å². The lowest BCUT2D eigenvalue weighted by atomic mass is 10.1. The molecule has 3 rings (SSSR count). The second kappa shape index (κ2) is 4.86. The van der Waals surface area contributed by atoms with E-state index >= 15 is 0 Å². The van der Waals surface area contributed by atoms with Crippen LogP contribution in [0.4, 0.5) is 0 Å². The molecule has 1 N–H and O–H groups in total. The molecular weight excluding hydrogens is 274 g/mol. The van der Waals surface area contributed by atoms with Crippen LogP contribution in [0.2, 0.25) is 0 Å². The highest BCUT2D eigenvalue weighted by atomic mass is 16.7. The van der Waals surface area contributed by atoms with Crippen LogP contribution in [0, 0.1) is 6.92 Å². The van der Waals surface area contributed by atoms with Crippen LogP contribution in [-0.4, -0.2) is 33.0 Å². The number of aryl methyl sites for hydroxylation is 1. The van der Waals surface area contributed by atoms with E-state index in [1.807, 2.05) is 0 Å². The largest absolute Gasteiger partial charge is 0.339 e. The average molecular weight is 285 g/mol. The van der Waals surface area contributed by atoms with Gasteiger partial charge in [-0.25, -0.2) is 4.79 Å². The van der Waals surface area contributed by atoms with Crippen LogP contribution >= 0.6 is 0 Å². The third kappa shape index (κ3) is 2.29. The second-order valence-electron chi connectivity index (χ2n) is 4.63. The molecule has 1 aliphatic heterocycles. The Morgan fingerprint density at radius 3 is 2.38 bits per heavy atom. The first-order chi connectivity index (χ1) is 10.1. The van der Waals surface area contributed by atoms with E-state index in [4.69, 9.17) is 4.84 Å². The van der Waals surface area contributed by atoms with Gasteiger partial charge in [0.2, 0.25) is 0 Å². The molecule has 0 unspecified atom stereocenters. The monoisotopic (exact) mass is 285 g/mol. The molecule has 2 amide bonds. The number of hydrogen-bond acceptors (Lipinski definition) is 5. The number of H-pyrrole nitrogens is 1. The molecule has 1 aliphatic rings. The van der Waals surface area contributed by atoms with Gasteiger partial charge in [0.15, 0.2) is 0 Å². The molecule has 1 aromatic heterocycles. The lowest BCUT2D eigenvalue weighted by Gasteiger charge is -2.11. The summed E-state index contributed by atoms with van der Waals surface area (Å²) in [4.78, 5) is 40.7. The maximum Gasteiger partial charge on any atom is 0.339 e. The van der Waals surface area contributed by atoms with E-state index in [2.05, 4.69) is 10.2 Å². The Morgan fingerprint density at radius 1 is 1.24 bits per heavy atom. The minimum atomic E-state index is -0.726. The fourth-order valence-electron chi connectivity index (χ4n) is 2.10. The molecule has 0 fully saturated rings. The van der Waals surface area contributed by atoms with Crippen molar-refractivity contribution in [3.63, 3.8) is 0 Å². The van der Waals surface area contributed by atoms with Gasteiger partial charge in [-0.3, -0.25) is 14.7 Å². The van der Waals surface area contributed by atoms with Gasteiger partial charge < -0.3 is 4.84 Å². The minimum absolute atomic E-state index is 0.127. The van der Waals surface area contributed by atoms with Crippen molar-refractivity contribution in [1.82, 2.24) is 15.3 Å². The highest BCUT2D eigenvalue weighted by molar-refractivity contribution is 6.20. The van der Waals surface area contributed by atoms with Gasteiger partial charge in [0.05, 0.1) is 23.2 Å². The third-order valence-corrected chi connectivity index (χ3v) is 3.03. The van der Waals surface area contributed by atoms with Crippen LogP contribution in [0.25, 0.3) is 0 Å². The SMILES string of the molecule is Cc1cc(CC(=O)ON2C(=O)c3ccccc3C2=O)n[nH]1. The topological polar surface area (TPSA) is 92.4 Å². The van der Waals surface area contributed by atoms with Crippen LogP contribution in [0.5, 0.6) is 0 Å². The third-order valence-electron chi connectivity index (χ3n) is 3.03. The summed E-state index contributed by atoms with van der Waals surface area (Å²) in [7, 11) is 0. The zero-order chi connectivity index (χ0) is 15.0. The van der Waals surface area contributed by atoms with Crippen molar-refractivity contribution >= 4 is 17.8 Å². The van der Waals surface area contributed by atoms with Crippen molar-refractivity contribution in [1.29, 1.82) is 0 Å². The molecule has 7 heteroatoms. The Morgan fingerprint density at radius 2 is 1.86 bits per heavy atom. The lowest BCUT2D eigenvalue weighted by molar-refractivity contribution is -0.167. The summed E-state index contributed by atoms with van der Waals surface area (Å²) in [5.41, 5.74) is 1.74. The van der Waals surface area contributed by atoms with Crippen molar-refractivity contribution in [2.24, 2.45) is 0 Å². The van der Waals surface area contributed by atoms with Crippen LogP contribution in [-0.2, 0) is 16.1 Å². The van der Waals surface area contributed by atoms with Crippen molar-refractivity contribution in [2.75, 3.05) is 0 Å². The zero-order valence-electron chi connectivity index (χ0n) is 11.1. The maximum atomic E-state index is 12.0. The summed E-state index contributed by atoms with van der Waals surface area (Å²) in [6.45, 7) is 1.80.